The number of carbonyl (C=O) groups is 2. The number of esters is 2. The van der Waals surface area contributed by atoms with Crippen molar-refractivity contribution in [2.45, 2.75) is 18.9 Å². The molecule has 5 nitrogen and oxygen atoms in total. The topological polar surface area (TPSA) is 61.8 Å². The molecule has 1 aliphatic heterocycles. The minimum atomic E-state index is -0.691. The zero-order chi connectivity index (χ0) is 16.3. The molecule has 22 heavy (non-hydrogen) atoms. The van der Waals surface area contributed by atoms with Gasteiger partial charge in [-0.3, -0.25) is 0 Å². The van der Waals surface area contributed by atoms with Gasteiger partial charge in [-0.1, -0.05) is 36.4 Å². The molecule has 0 radical (unpaired) electrons. The first-order valence-corrected chi connectivity index (χ1v) is 6.78. The van der Waals surface area contributed by atoms with Gasteiger partial charge in [0.2, 0.25) is 5.76 Å². The van der Waals surface area contributed by atoms with Crippen molar-refractivity contribution in [3.63, 3.8) is 0 Å². The number of carbonyl (C=O) groups excluding carboxylic acids is 2. The summed E-state index contributed by atoms with van der Waals surface area (Å²) >= 11 is 0. The van der Waals surface area contributed by atoms with E-state index in [1.54, 1.807) is 6.08 Å². The first kappa shape index (κ1) is 15.8. The van der Waals surface area contributed by atoms with Crippen LogP contribution in [0.25, 0.3) is 0 Å². The molecule has 1 aliphatic rings. The lowest BCUT2D eigenvalue weighted by molar-refractivity contribution is -0.142. The molecule has 116 valence electrons. The fraction of sp³-hybridized carbons (Fsp3) is 0.294. The van der Waals surface area contributed by atoms with E-state index in [0.717, 1.165) is 11.1 Å². The maximum absolute atomic E-state index is 11.7. The molecule has 0 bridgehead atoms. The van der Waals surface area contributed by atoms with E-state index in [9.17, 15) is 9.59 Å². The van der Waals surface area contributed by atoms with E-state index >= 15 is 0 Å². The molecule has 0 unspecified atom stereocenters. The van der Waals surface area contributed by atoms with Gasteiger partial charge in [-0.2, -0.15) is 0 Å². The lowest BCUT2D eigenvalue weighted by Gasteiger charge is -2.20. The Morgan fingerprint density at radius 3 is 2.32 bits per heavy atom. The van der Waals surface area contributed by atoms with Crippen LogP contribution in [-0.2, 0) is 23.8 Å². The van der Waals surface area contributed by atoms with Gasteiger partial charge < -0.3 is 14.2 Å². The Morgan fingerprint density at radius 1 is 1.14 bits per heavy atom. The van der Waals surface area contributed by atoms with Crippen molar-refractivity contribution in [1.29, 1.82) is 0 Å². The Bertz CT molecular complexity index is 627. The van der Waals surface area contributed by atoms with Crippen molar-refractivity contribution < 1.29 is 23.8 Å². The number of rotatable bonds is 4. The molecule has 5 heteroatoms. The molecule has 0 fully saturated rings. The molecule has 1 aromatic rings. The van der Waals surface area contributed by atoms with Crippen LogP contribution in [-0.4, -0.2) is 32.3 Å². The van der Waals surface area contributed by atoms with Gasteiger partial charge in [-0.15, -0.1) is 0 Å². The van der Waals surface area contributed by atoms with Crippen LogP contribution in [0.4, 0.5) is 0 Å². The van der Waals surface area contributed by atoms with Gasteiger partial charge >= 0.3 is 11.9 Å². The van der Waals surface area contributed by atoms with E-state index in [4.69, 9.17) is 9.47 Å². The fourth-order valence-corrected chi connectivity index (χ4v) is 2.31. The van der Waals surface area contributed by atoms with E-state index in [1.165, 1.54) is 14.2 Å². The molecule has 0 aromatic heterocycles. The van der Waals surface area contributed by atoms with Crippen molar-refractivity contribution in [3.8, 4) is 0 Å². The summed E-state index contributed by atoms with van der Waals surface area (Å²) in [4.78, 5) is 23.4. The van der Waals surface area contributed by atoms with Crippen molar-refractivity contribution in [3.05, 3.63) is 59.4 Å². The van der Waals surface area contributed by atoms with Crippen LogP contribution >= 0.6 is 0 Å². The Balaban J connectivity index is 2.36. The van der Waals surface area contributed by atoms with Gasteiger partial charge in [0, 0.05) is 5.92 Å². The second-order valence-electron chi connectivity index (χ2n) is 5.01. The van der Waals surface area contributed by atoms with Gasteiger partial charge in [0.05, 0.1) is 19.8 Å². The summed E-state index contributed by atoms with van der Waals surface area (Å²) in [5.41, 5.74) is 2.19. The minimum Gasteiger partial charge on any atom is -0.477 e. The monoisotopic (exact) mass is 302 g/mol. The zero-order valence-electron chi connectivity index (χ0n) is 12.8. The number of methoxy groups -OCH3 is 2. The molecule has 0 amide bonds. The summed E-state index contributed by atoms with van der Waals surface area (Å²) < 4.78 is 14.9. The SMILES string of the molecule is C=C(C(=O)OC)[C@H]1OC(C(=O)OC)=C[C@@H]1c1ccc(C)cc1. The quantitative estimate of drug-likeness (QED) is 0.630. The Kier molecular flexibility index (Phi) is 4.65. The van der Waals surface area contributed by atoms with Crippen LogP contribution in [0.15, 0.2) is 48.3 Å². The maximum atomic E-state index is 11.7. The average molecular weight is 302 g/mol. The average Bonchev–Trinajstić information content (AvgIpc) is 2.98. The molecule has 1 aromatic carbocycles. The van der Waals surface area contributed by atoms with Crippen LogP contribution in [0.3, 0.4) is 0 Å². The first-order chi connectivity index (χ1) is 10.5. The molecule has 2 atom stereocenters. The summed E-state index contributed by atoms with van der Waals surface area (Å²) in [6, 6.07) is 7.77. The Labute approximate surface area is 129 Å². The Morgan fingerprint density at radius 2 is 1.77 bits per heavy atom. The largest absolute Gasteiger partial charge is 0.477 e. The smallest absolute Gasteiger partial charge is 0.373 e. The highest BCUT2D eigenvalue weighted by Crippen LogP contribution is 2.36. The van der Waals surface area contributed by atoms with Gasteiger partial charge in [0.15, 0.2) is 0 Å². The molecule has 1 heterocycles. The van der Waals surface area contributed by atoms with E-state index in [1.807, 2.05) is 31.2 Å². The number of hydrogen-bond acceptors (Lipinski definition) is 5. The predicted octanol–water partition coefficient (Wildman–Crippen LogP) is 2.26. The van der Waals surface area contributed by atoms with Crippen LogP contribution in [0.1, 0.15) is 17.0 Å². The van der Waals surface area contributed by atoms with Crippen LogP contribution in [0.5, 0.6) is 0 Å². The standard InChI is InChI=1S/C17H18O5/c1-10-5-7-12(8-6-10)13-9-14(17(19)21-4)22-15(13)11(2)16(18)20-3/h5-9,13,15H,2H2,1,3-4H3/t13-,15-/m1/s1. The maximum Gasteiger partial charge on any atom is 0.373 e. The van der Waals surface area contributed by atoms with E-state index < -0.39 is 18.0 Å². The first-order valence-electron chi connectivity index (χ1n) is 6.78. The molecule has 2 rings (SSSR count). The number of hydrogen-bond donors (Lipinski definition) is 0. The lowest BCUT2D eigenvalue weighted by Crippen LogP contribution is -2.24. The van der Waals surface area contributed by atoms with Crippen LogP contribution in [0, 0.1) is 6.92 Å². The predicted molar refractivity (Wildman–Crippen MR) is 80.0 cm³/mol. The van der Waals surface area contributed by atoms with Crippen LogP contribution < -0.4 is 0 Å². The van der Waals surface area contributed by atoms with Crippen molar-refractivity contribution in [2.24, 2.45) is 0 Å². The second kappa shape index (κ2) is 6.47. The highest BCUT2D eigenvalue weighted by molar-refractivity contribution is 5.91. The number of aryl methyl sites for hydroxylation is 1. The van der Waals surface area contributed by atoms with E-state index in [0.29, 0.717) is 0 Å². The highest BCUT2D eigenvalue weighted by atomic mass is 16.6. The van der Waals surface area contributed by atoms with Gasteiger partial charge in [0.25, 0.3) is 0 Å². The summed E-state index contributed by atoms with van der Waals surface area (Å²) in [7, 11) is 2.55. The van der Waals surface area contributed by atoms with E-state index in [-0.39, 0.29) is 17.3 Å². The highest BCUT2D eigenvalue weighted by Gasteiger charge is 2.38. The zero-order valence-corrected chi connectivity index (χ0v) is 12.8. The minimum absolute atomic E-state index is 0.0723. The number of benzene rings is 1. The van der Waals surface area contributed by atoms with Crippen LogP contribution in [0.2, 0.25) is 0 Å². The van der Waals surface area contributed by atoms with Gasteiger partial charge in [0.1, 0.15) is 6.10 Å². The summed E-state index contributed by atoms with van der Waals surface area (Å²) in [6.07, 6.45) is 0.958. The Hall–Kier alpha value is -2.56. The lowest BCUT2D eigenvalue weighted by atomic mass is 9.90. The molecular weight excluding hydrogens is 284 g/mol. The molecule has 0 saturated heterocycles. The summed E-state index contributed by atoms with van der Waals surface area (Å²) in [5, 5.41) is 0. The fourth-order valence-electron chi connectivity index (χ4n) is 2.31. The third-order valence-corrected chi connectivity index (χ3v) is 3.55. The van der Waals surface area contributed by atoms with Crippen molar-refractivity contribution in [2.75, 3.05) is 14.2 Å². The van der Waals surface area contributed by atoms with E-state index in [2.05, 4.69) is 11.3 Å². The third-order valence-electron chi connectivity index (χ3n) is 3.55. The van der Waals surface area contributed by atoms with Crippen molar-refractivity contribution in [1.82, 2.24) is 0 Å². The third kappa shape index (κ3) is 3.03. The molecule has 0 spiro atoms. The van der Waals surface area contributed by atoms with Gasteiger partial charge in [-0.05, 0) is 18.6 Å². The second-order valence-corrected chi connectivity index (χ2v) is 5.01. The molecule has 0 N–H and O–H groups in total. The van der Waals surface area contributed by atoms with Gasteiger partial charge in [-0.25, -0.2) is 9.59 Å². The summed E-state index contributed by atoms with van der Waals surface area (Å²) in [6.45, 7) is 5.72. The normalized spacial score (nSPS) is 19.9. The molecule has 0 saturated carbocycles. The molecule has 0 aliphatic carbocycles. The molecular formula is C17H18O5. The number of ether oxygens (including phenoxy) is 3. The summed E-state index contributed by atoms with van der Waals surface area (Å²) in [5.74, 6) is -1.39. The van der Waals surface area contributed by atoms with Crippen molar-refractivity contribution >= 4 is 11.9 Å².